The van der Waals surface area contributed by atoms with Crippen LogP contribution in [0.2, 0.25) is 0 Å². The standard InChI is InChI=1S/C14H11N3O2/c15-9-6-10-11(8-4-2-1-3-5-8)12(14(18)19)17-13(10)16-7-9/h1-7H,15H2,(H,16,17)(H,18,19). The maximum Gasteiger partial charge on any atom is 0.353 e. The highest BCUT2D eigenvalue weighted by Crippen LogP contribution is 2.32. The Morgan fingerprint density at radius 2 is 2.00 bits per heavy atom. The molecule has 3 aromatic rings. The molecular formula is C14H11N3O2. The summed E-state index contributed by atoms with van der Waals surface area (Å²) in [4.78, 5) is 18.3. The van der Waals surface area contributed by atoms with Crippen LogP contribution in [-0.4, -0.2) is 21.0 Å². The van der Waals surface area contributed by atoms with E-state index in [-0.39, 0.29) is 5.69 Å². The van der Waals surface area contributed by atoms with Crippen LogP contribution in [0.3, 0.4) is 0 Å². The number of carboxylic acid groups (broad SMARTS) is 1. The molecule has 0 spiro atoms. The van der Waals surface area contributed by atoms with Crippen molar-refractivity contribution in [3.8, 4) is 11.1 Å². The number of pyridine rings is 1. The van der Waals surface area contributed by atoms with E-state index in [0.29, 0.717) is 22.3 Å². The molecule has 0 radical (unpaired) electrons. The molecule has 0 fully saturated rings. The van der Waals surface area contributed by atoms with Crippen LogP contribution in [-0.2, 0) is 0 Å². The largest absolute Gasteiger partial charge is 0.477 e. The number of fused-ring (bicyclic) bond motifs is 1. The predicted octanol–water partition coefficient (Wildman–Crippen LogP) is 2.51. The lowest BCUT2D eigenvalue weighted by Gasteiger charge is -2.01. The molecule has 0 saturated heterocycles. The molecule has 0 atom stereocenters. The molecule has 0 aliphatic rings. The van der Waals surface area contributed by atoms with Crippen LogP contribution < -0.4 is 5.73 Å². The first kappa shape index (κ1) is 11.3. The van der Waals surface area contributed by atoms with E-state index in [0.717, 1.165) is 5.56 Å². The number of hydrogen-bond acceptors (Lipinski definition) is 3. The van der Waals surface area contributed by atoms with Crippen LogP contribution in [0.15, 0.2) is 42.6 Å². The fraction of sp³-hybridized carbons (Fsp3) is 0. The minimum absolute atomic E-state index is 0.124. The third-order valence-electron chi connectivity index (χ3n) is 2.95. The van der Waals surface area contributed by atoms with Gasteiger partial charge in [-0.3, -0.25) is 0 Å². The lowest BCUT2D eigenvalue weighted by atomic mass is 10.0. The molecule has 0 aliphatic heterocycles. The van der Waals surface area contributed by atoms with Gasteiger partial charge in [0, 0.05) is 10.9 Å². The fourth-order valence-electron chi connectivity index (χ4n) is 2.15. The number of aromatic nitrogens is 2. The highest BCUT2D eigenvalue weighted by molar-refractivity contribution is 6.07. The molecule has 4 N–H and O–H groups in total. The number of carboxylic acids is 1. The van der Waals surface area contributed by atoms with E-state index in [1.165, 1.54) is 6.20 Å². The number of H-pyrrole nitrogens is 1. The normalized spacial score (nSPS) is 10.7. The molecule has 2 heterocycles. The second kappa shape index (κ2) is 4.13. The molecular weight excluding hydrogens is 242 g/mol. The van der Waals surface area contributed by atoms with Crippen molar-refractivity contribution >= 4 is 22.7 Å². The van der Waals surface area contributed by atoms with Gasteiger partial charge >= 0.3 is 5.97 Å². The average Bonchev–Trinajstić information content (AvgIpc) is 2.78. The Kier molecular flexibility index (Phi) is 2.45. The van der Waals surface area contributed by atoms with Gasteiger partial charge in [0.05, 0.1) is 11.9 Å². The zero-order valence-corrected chi connectivity index (χ0v) is 9.92. The van der Waals surface area contributed by atoms with Crippen molar-refractivity contribution in [2.24, 2.45) is 0 Å². The second-order valence-electron chi connectivity index (χ2n) is 4.21. The third kappa shape index (κ3) is 1.81. The Balaban J connectivity index is 2.40. The van der Waals surface area contributed by atoms with Gasteiger partial charge in [0.2, 0.25) is 0 Å². The number of rotatable bonds is 2. The summed E-state index contributed by atoms with van der Waals surface area (Å²) < 4.78 is 0. The Hall–Kier alpha value is -2.82. The van der Waals surface area contributed by atoms with E-state index in [9.17, 15) is 9.90 Å². The Labute approximate surface area is 108 Å². The topological polar surface area (TPSA) is 92.0 Å². The Bertz CT molecular complexity index is 763. The summed E-state index contributed by atoms with van der Waals surface area (Å²) >= 11 is 0. The summed E-state index contributed by atoms with van der Waals surface area (Å²) in [6.07, 6.45) is 1.50. The summed E-state index contributed by atoms with van der Waals surface area (Å²) in [7, 11) is 0. The predicted molar refractivity (Wildman–Crippen MR) is 72.9 cm³/mol. The number of nitrogens with one attached hydrogen (secondary N) is 1. The Morgan fingerprint density at radius 3 is 2.68 bits per heavy atom. The molecule has 1 aromatic carbocycles. The summed E-state index contributed by atoms with van der Waals surface area (Å²) in [5.74, 6) is -1.02. The molecule has 3 rings (SSSR count). The minimum atomic E-state index is -1.02. The molecule has 0 saturated carbocycles. The van der Waals surface area contributed by atoms with Crippen molar-refractivity contribution < 1.29 is 9.90 Å². The van der Waals surface area contributed by atoms with Crippen molar-refractivity contribution in [2.75, 3.05) is 5.73 Å². The monoisotopic (exact) mass is 253 g/mol. The van der Waals surface area contributed by atoms with Crippen molar-refractivity contribution in [2.45, 2.75) is 0 Å². The van der Waals surface area contributed by atoms with Gasteiger partial charge in [0.25, 0.3) is 0 Å². The van der Waals surface area contributed by atoms with Gasteiger partial charge < -0.3 is 15.8 Å². The number of anilines is 1. The molecule has 2 aromatic heterocycles. The molecule has 0 amide bonds. The third-order valence-corrected chi connectivity index (χ3v) is 2.95. The molecule has 5 nitrogen and oxygen atoms in total. The molecule has 0 aliphatic carbocycles. The summed E-state index contributed by atoms with van der Waals surface area (Å²) in [5.41, 5.74) is 8.31. The zero-order chi connectivity index (χ0) is 13.4. The number of nitrogens with zero attached hydrogens (tertiary/aromatic N) is 1. The van der Waals surface area contributed by atoms with Gasteiger partial charge in [-0.1, -0.05) is 30.3 Å². The van der Waals surface area contributed by atoms with Crippen LogP contribution in [0.1, 0.15) is 10.5 Å². The van der Waals surface area contributed by atoms with Crippen molar-refractivity contribution in [1.29, 1.82) is 0 Å². The van der Waals surface area contributed by atoms with E-state index in [1.807, 2.05) is 30.3 Å². The van der Waals surface area contributed by atoms with E-state index >= 15 is 0 Å². The quantitative estimate of drug-likeness (QED) is 0.654. The number of nitrogens with two attached hydrogens (primary N) is 1. The van der Waals surface area contributed by atoms with Gasteiger partial charge in [-0.15, -0.1) is 0 Å². The number of aromatic carboxylic acids is 1. The first-order chi connectivity index (χ1) is 9.16. The smallest absolute Gasteiger partial charge is 0.353 e. The maximum absolute atomic E-state index is 11.4. The number of aromatic amines is 1. The van der Waals surface area contributed by atoms with Gasteiger partial charge in [-0.2, -0.15) is 0 Å². The minimum Gasteiger partial charge on any atom is -0.477 e. The summed E-state index contributed by atoms with van der Waals surface area (Å²) in [6.45, 7) is 0. The summed E-state index contributed by atoms with van der Waals surface area (Å²) in [5, 5.41) is 10.0. The highest BCUT2D eigenvalue weighted by atomic mass is 16.4. The van der Waals surface area contributed by atoms with Crippen LogP contribution in [0.25, 0.3) is 22.2 Å². The number of carbonyl (C=O) groups is 1. The summed E-state index contributed by atoms with van der Waals surface area (Å²) in [6, 6.07) is 11.1. The van der Waals surface area contributed by atoms with Crippen LogP contribution in [0, 0.1) is 0 Å². The van der Waals surface area contributed by atoms with Gasteiger partial charge in [0.1, 0.15) is 11.3 Å². The number of hydrogen-bond donors (Lipinski definition) is 3. The molecule has 5 heteroatoms. The number of benzene rings is 1. The van der Waals surface area contributed by atoms with Crippen LogP contribution in [0.5, 0.6) is 0 Å². The molecule has 0 bridgehead atoms. The van der Waals surface area contributed by atoms with Gasteiger partial charge in [0.15, 0.2) is 0 Å². The van der Waals surface area contributed by atoms with E-state index < -0.39 is 5.97 Å². The molecule has 19 heavy (non-hydrogen) atoms. The van der Waals surface area contributed by atoms with E-state index in [1.54, 1.807) is 6.07 Å². The zero-order valence-electron chi connectivity index (χ0n) is 9.92. The van der Waals surface area contributed by atoms with Gasteiger partial charge in [-0.25, -0.2) is 9.78 Å². The van der Waals surface area contributed by atoms with Crippen molar-refractivity contribution in [1.82, 2.24) is 9.97 Å². The molecule has 0 unspecified atom stereocenters. The molecule has 94 valence electrons. The van der Waals surface area contributed by atoms with Crippen molar-refractivity contribution in [3.05, 3.63) is 48.3 Å². The second-order valence-corrected chi connectivity index (χ2v) is 4.21. The van der Waals surface area contributed by atoms with Crippen LogP contribution in [0.4, 0.5) is 5.69 Å². The fourth-order valence-corrected chi connectivity index (χ4v) is 2.15. The van der Waals surface area contributed by atoms with Crippen molar-refractivity contribution in [3.63, 3.8) is 0 Å². The van der Waals surface area contributed by atoms with Crippen LogP contribution >= 0.6 is 0 Å². The lowest BCUT2D eigenvalue weighted by molar-refractivity contribution is 0.0692. The first-order valence-corrected chi connectivity index (χ1v) is 5.72. The number of nitrogen functional groups attached to an aromatic ring is 1. The highest BCUT2D eigenvalue weighted by Gasteiger charge is 2.19. The Morgan fingerprint density at radius 1 is 1.26 bits per heavy atom. The SMILES string of the molecule is Nc1cnc2[nH]c(C(=O)O)c(-c3ccccc3)c2c1. The average molecular weight is 253 g/mol. The first-order valence-electron chi connectivity index (χ1n) is 5.72. The van der Waals surface area contributed by atoms with E-state index in [2.05, 4.69) is 9.97 Å². The lowest BCUT2D eigenvalue weighted by Crippen LogP contribution is -1.98. The maximum atomic E-state index is 11.4. The van der Waals surface area contributed by atoms with E-state index in [4.69, 9.17) is 5.73 Å². The van der Waals surface area contributed by atoms with Gasteiger partial charge in [-0.05, 0) is 11.6 Å².